The average Bonchev–Trinajstić information content (AvgIpc) is 2.50. The highest BCUT2D eigenvalue weighted by Crippen LogP contribution is 2.36. The molecule has 0 bridgehead atoms. The molecule has 1 rings (SSSR count). The summed E-state index contributed by atoms with van der Waals surface area (Å²) < 4.78 is 18.2. The first kappa shape index (κ1) is 14.3. The highest BCUT2D eigenvalue weighted by Gasteiger charge is 2.03. The third-order valence-electron chi connectivity index (χ3n) is 1.40. The number of hydrogen-bond acceptors (Lipinski definition) is 4. The molecule has 6 nitrogen and oxygen atoms in total. The Bertz CT molecular complexity index is 320. The van der Waals surface area contributed by atoms with Gasteiger partial charge in [-0.3, -0.25) is 9.60 Å². The van der Waals surface area contributed by atoms with Gasteiger partial charge in [-0.15, -0.1) is 0 Å². The van der Waals surface area contributed by atoms with Gasteiger partial charge in [0.15, 0.2) is 0 Å². The molecule has 1 heterocycles. The second-order valence-electron chi connectivity index (χ2n) is 3.30. The minimum Gasteiger partial charge on any atom is -0.692 e. The summed E-state index contributed by atoms with van der Waals surface area (Å²) in [6.45, 7) is 5.75. The van der Waals surface area contributed by atoms with Crippen molar-refractivity contribution in [3.63, 3.8) is 0 Å². The van der Waals surface area contributed by atoms with E-state index >= 15 is 0 Å². The first-order valence-electron chi connectivity index (χ1n) is 4.43. The van der Waals surface area contributed by atoms with E-state index < -0.39 is 7.37 Å². The third-order valence-corrected chi connectivity index (χ3v) is 1.82. The monoisotopic (exact) mass is 236 g/mol. The number of aryl methyl sites for hydroxylation is 2. The van der Waals surface area contributed by atoms with Crippen LogP contribution in [0.2, 0.25) is 0 Å². The Morgan fingerprint density at radius 2 is 2.13 bits per heavy atom. The van der Waals surface area contributed by atoms with Crippen molar-refractivity contribution >= 4 is 7.37 Å². The first-order chi connectivity index (χ1) is 6.89. The number of nitrogens with zero attached hydrogens (tertiary/aromatic N) is 2. The lowest BCUT2D eigenvalue weighted by Crippen LogP contribution is -2.23. The predicted octanol–water partition coefficient (Wildman–Crippen LogP) is 0.0801. The van der Waals surface area contributed by atoms with Crippen LogP contribution in [0.1, 0.15) is 6.92 Å². The topological polar surface area (TPSA) is 67.4 Å². The smallest absolute Gasteiger partial charge is 0.243 e. The maximum Gasteiger partial charge on any atom is 0.243 e. The Morgan fingerprint density at radius 1 is 1.53 bits per heavy atom. The number of aromatic nitrogens is 2. The first-order valence-corrected chi connectivity index (χ1v) is 6.95. The van der Waals surface area contributed by atoms with Gasteiger partial charge in [-0.1, -0.05) is 0 Å². The van der Waals surface area contributed by atoms with Crippen molar-refractivity contribution < 1.29 is 24.1 Å². The molecule has 88 valence electrons. The van der Waals surface area contributed by atoms with E-state index in [0.717, 1.165) is 6.54 Å². The van der Waals surface area contributed by atoms with E-state index in [1.165, 1.54) is 13.3 Å². The molecule has 0 unspecified atom stereocenters. The van der Waals surface area contributed by atoms with Crippen LogP contribution in [0.25, 0.3) is 0 Å². The maximum atomic E-state index is 10.3. The van der Waals surface area contributed by atoms with Gasteiger partial charge < -0.3 is 5.26 Å². The van der Waals surface area contributed by atoms with Crippen LogP contribution >= 0.6 is 7.37 Å². The van der Waals surface area contributed by atoms with Gasteiger partial charge >= 0.3 is 0 Å². The Balaban J connectivity index is 0.000000265. The van der Waals surface area contributed by atoms with Crippen LogP contribution < -0.4 is 9.82 Å². The Kier molecular flexibility index (Phi) is 6.43. The molecular formula is C8H17N2O4P. The SMILES string of the molecule is CCn1cc[n+](C)c1.CP(C)(=O)OO[O-]. The molecule has 0 saturated carbocycles. The summed E-state index contributed by atoms with van der Waals surface area (Å²) in [5.41, 5.74) is 0. The van der Waals surface area contributed by atoms with Gasteiger partial charge in [-0.2, -0.15) is 4.67 Å². The lowest BCUT2D eigenvalue weighted by Gasteiger charge is -2.07. The molecule has 7 heteroatoms. The fraction of sp³-hybridized carbons (Fsp3) is 0.625. The van der Waals surface area contributed by atoms with Crippen molar-refractivity contribution in [2.45, 2.75) is 13.5 Å². The molecule has 0 aliphatic carbocycles. The molecule has 0 amide bonds. The van der Waals surface area contributed by atoms with Gasteiger partial charge in [0.1, 0.15) is 12.4 Å². The minimum atomic E-state index is -2.70. The highest BCUT2D eigenvalue weighted by atomic mass is 31.2. The van der Waals surface area contributed by atoms with Crippen molar-refractivity contribution in [2.24, 2.45) is 7.05 Å². The molecule has 0 atom stereocenters. The van der Waals surface area contributed by atoms with Crippen molar-refractivity contribution in [1.29, 1.82) is 0 Å². The highest BCUT2D eigenvalue weighted by molar-refractivity contribution is 7.57. The molecule has 0 aliphatic rings. The molecule has 0 saturated heterocycles. The van der Waals surface area contributed by atoms with Crippen LogP contribution in [0.15, 0.2) is 18.7 Å². The quantitative estimate of drug-likeness (QED) is 0.322. The van der Waals surface area contributed by atoms with Gasteiger partial charge in [-0.25, -0.2) is 9.13 Å². The minimum absolute atomic E-state index is 1.06. The van der Waals surface area contributed by atoms with Crippen LogP contribution in [-0.4, -0.2) is 17.9 Å². The number of imidazole rings is 1. The van der Waals surface area contributed by atoms with Crippen LogP contribution in [0.3, 0.4) is 0 Å². The van der Waals surface area contributed by atoms with Crippen molar-refractivity contribution in [2.75, 3.05) is 13.3 Å². The van der Waals surface area contributed by atoms with Crippen LogP contribution in [0, 0.1) is 0 Å². The summed E-state index contributed by atoms with van der Waals surface area (Å²) in [4.78, 5) is 0. The molecule has 0 spiro atoms. The van der Waals surface area contributed by atoms with E-state index in [0.29, 0.717) is 0 Å². The lowest BCUT2D eigenvalue weighted by atomic mass is 10.7. The van der Waals surface area contributed by atoms with E-state index in [4.69, 9.17) is 5.26 Å². The lowest BCUT2D eigenvalue weighted by molar-refractivity contribution is -0.779. The molecule has 1 aromatic rings. The van der Waals surface area contributed by atoms with E-state index in [1.807, 2.05) is 17.8 Å². The fourth-order valence-corrected chi connectivity index (χ4v) is 0.909. The predicted molar refractivity (Wildman–Crippen MR) is 52.9 cm³/mol. The van der Waals surface area contributed by atoms with Gasteiger partial charge in [0.25, 0.3) is 0 Å². The molecular weight excluding hydrogens is 219 g/mol. The van der Waals surface area contributed by atoms with E-state index in [-0.39, 0.29) is 0 Å². The van der Waals surface area contributed by atoms with E-state index in [9.17, 15) is 4.57 Å². The van der Waals surface area contributed by atoms with Crippen LogP contribution in [0.5, 0.6) is 0 Å². The standard InChI is InChI=1S/C6H11N2.C2H7O4P/c1-3-8-5-4-7(2)6-8;1-7(2,4)6-5-3/h4-6H,3H2,1-2H3;3H,1-2H3/q+1;/p-1. The maximum absolute atomic E-state index is 10.3. The number of hydrogen-bond donors (Lipinski definition) is 0. The zero-order chi connectivity index (χ0) is 11.9. The summed E-state index contributed by atoms with van der Waals surface area (Å²) >= 11 is 0. The molecule has 1 aromatic heterocycles. The molecule has 0 fully saturated rings. The second kappa shape index (κ2) is 6.74. The third kappa shape index (κ3) is 8.32. The largest absolute Gasteiger partial charge is 0.692 e. The van der Waals surface area contributed by atoms with Gasteiger partial charge in [-0.05, 0) is 6.92 Å². The van der Waals surface area contributed by atoms with E-state index in [2.05, 4.69) is 33.7 Å². The summed E-state index contributed by atoms with van der Waals surface area (Å²) in [5, 5.41) is 11.9. The van der Waals surface area contributed by atoms with Crippen LogP contribution in [-0.2, 0) is 27.9 Å². The fourth-order valence-electron chi connectivity index (χ4n) is 0.762. The normalized spacial score (nSPS) is 10.7. The van der Waals surface area contributed by atoms with E-state index in [1.54, 1.807) is 0 Å². The Morgan fingerprint density at radius 3 is 2.27 bits per heavy atom. The molecule has 15 heavy (non-hydrogen) atoms. The van der Waals surface area contributed by atoms with Crippen molar-refractivity contribution in [3.8, 4) is 0 Å². The second-order valence-corrected chi connectivity index (χ2v) is 5.96. The Labute approximate surface area is 89.4 Å². The summed E-state index contributed by atoms with van der Waals surface area (Å²) in [5.74, 6) is 0. The zero-order valence-corrected chi connectivity index (χ0v) is 10.3. The van der Waals surface area contributed by atoms with Crippen molar-refractivity contribution in [1.82, 2.24) is 4.57 Å². The molecule has 0 aromatic carbocycles. The zero-order valence-electron chi connectivity index (χ0n) is 9.41. The number of rotatable bonds is 3. The molecule has 0 N–H and O–H groups in total. The molecule has 0 aliphatic heterocycles. The van der Waals surface area contributed by atoms with Crippen LogP contribution in [0.4, 0.5) is 0 Å². The summed E-state index contributed by atoms with van der Waals surface area (Å²) in [7, 11) is -0.680. The molecule has 0 radical (unpaired) electrons. The van der Waals surface area contributed by atoms with Gasteiger partial charge in [0, 0.05) is 13.3 Å². The summed E-state index contributed by atoms with van der Waals surface area (Å²) in [6, 6.07) is 0. The summed E-state index contributed by atoms with van der Waals surface area (Å²) in [6.07, 6.45) is 6.14. The average molecular weight is 236 g/mol. The Hall–Kier alpha value is -0.680. The van der Waals surface area contributed by atoms with Gasteiger partial charge in [0.2, 0.25) is 13.7 Å². The van der Waals surface area contributed by atoms with Gasteiger partial charge in [0.05, 0.1) is 13.6 Å². The van der Waals surface area contributed by atoms with Crippen molar-refractivity contribution in [3.05, 3.63) is 18.7 Å².